The number of benzene rings is 1. The summed E-state index contributed by atoms with van der Waals surface area (Å²) in [6.45, 7) is 2.69. The molecule has 1 amide bonds. The molecule has 0 heterocycles. The molecule has 0 aliphatic carbocycles. The van der Waals surface area contributed by atoms with Gasteiger partial charge in [0.1, 0.15) is 0 Å². The number of carbonyl (C=O) groups excluding carboxylic acids is 1. The molecule has 0 fully saturated rings. The van der Waals surface area contributed by atoms with E-state index in [1.807, 2.05) is 26.1 Å². The standard InChI is InChI=1S/C14H19BrClNO/c1-11-7-6-8-12(13(11)16)14(18)17(2)10-5-3-4-9-15/h6-8H,3-5,9-10H2,1-2H3. The fourth-order valence-electron chi connectivity index (χ4n) is 1.74. The first-order valence-corrected chi connectivity index (χ1v) is 7.64. The molecule has 1 rings (SSSR count). The molecule has 0 saturated carbocycles. The summed E-state index contributed by atoms with van der Waals surface area (Å²) in [5.41, 5.74) is 1.54. The number of amides is 1. The minimum atomic E-state index is 0.00235. The number of unbranched alkanes of at least 4 members (excludes halogenated alkanes) is 2. The van der Waals surface area contributed by atoms with Gasteiger partial charge in [-0.05, 0) is 31.4 Å². The Morgan fingerprint density at radius 1 is 1.33 bits per heavy atom. The first-order chi connectivity index (χ1) is 8.57. The zero-order valence-electron chi connectivity index (χ0n) is 10.9. The van der Waals surface area contributed by atoms with E-state index in [4.69, 9.17) is 11.6 Å². The number of nitrogens with zero attached hydrogens (tertiary/aromatic N) is 1. The van der Waals surface area contributed by atoms with Crippen molar-refractivity contribution in [1.82, 2.24) is 4.90 Å². The van der Waals surface area contributed by atoms with Crippen LogP contribution in [0.4, 0.5) is 0 Å². The summed E-state index contributed by atoms with van der Waals surface area (Å²) in [4.78, 5) is 14.0. The van der Waals surface area contributed by atoms with Crippen LogP contribution in [-0.2, 0) is 0 Å². The fourth-order valence-corrected chi connectivity index (χ4v) is 2.34. The summed E-state index contributed by atoms with van der Waals surface area (Å²) in [5, 5.41) is 1.59. The normalized spacial score (nSPS) is 10.4. The average molecular weight is 333 g/mol. The van der Waals surface area contributed by atoms with Gasteiger partial charge in [-0.15, -0.1) is 0 Å². The molecular weight excluding hydrogens is 314 g/mol. The number of hydrogen-bond acceptors (Lipinski definition) is 1. The fraction of sp³-hybridized carbons (Fsp3) is 0.500. The summed E-state index contributed by atoms with van der Waals surface area (Å²) in [6.07, 6.45) is 3.30. The van der Waals surface area contributed by atoms with Crippen LogP contribution >= 0.6 is 27.5 Å². The molecule has 1 aromatic rings. The molecule has 0 atom stereocenters. The minimum absolute atomic E-state index is 0.00235. The van der Waals surface area contributed by atoms with Crippen molar-refractivity contribution in [2.45, 2.75) is 26.2 Å². The number of alkyl halides is 1. The average Bonchev–Trinajstić information content (AvgIpc) is 2.37. The van der Waals surface area contributed by atoms with Gasteiger partial charge in [-0.1, -0.05) is 46.1 Å². The van der Waals surface area contributed by atoms with Crippen LogP contribution in [0.1, 0.15) is 35.2 Å². The lowest BCUT2D eigenvalue weighted by molar-refractivity contribution is 0.0793. The van der Waals surface area contributed by atoms with E-state index in [9.17, 15) is 4.79 Å². The van der Waals surface area contributed by atoms with Crippen LogP contribution in [-0.4, -0.2) is 29.7 Å². The third-order valence-corrected chi connectivity index (χ3v) is 3.96. The topological polar surface area (TPSA) is 20.3 Å². The van der Waals surface area contributed by atoms with Gasteiger partial charge in [-0.3, -0.25) is 4.79 Å². The quantitative estimate of drug-likeness (QED) is 0.562. The van der Waals surface area contributed by atoms with Crippen LogP contribution in [0.3, 0.4) is 0 Å². The van der Waals surface area contributed by atoms with Crippen molar-refractivity contribution in [1.29, 1.82) is 0 Å². The highest BCUT2D eigenvalue weighted by Crippen LogP contribution is 2.21. The molecule has 0 aliphatic heterocycles. The summed E-state index contributed by atoms with van der Waals surface area (Å²) < 4.78 is 0. The Morgan fingerprint density at radius 2 is 2.06 bits per heavy atom. The van der Waals surface area contributed by atoms with Crippen molar-refractivity contribution < 1.29 is 4.79 Å². The Morgan fingerprint density at radius 3 is 2.72 bits per heavy atom. The number of halogens is 2. The van der Waals surface area contributed by atoms with Gasteiger partial charge in [0.05, 0.1) is 10.6 Å². The molecule has 0 bridgehead atoms. The van der Waals surface area contributed by atoms with Crippen LogP contribution < -0.4 is 0 Å². The third kappa shape index (κ3) is 4.29. The Labute approximate surface area is 122 Å². The molecule has 1 aromatic carbocycles. The molecule has 0 saturated heterocycles. The molecule has 4 heteroatoms. The SMILES string of the molecule is Cc1cccc(C(=O)N(C)CCCCCBr)c1Cl. The molecule has 0 N–H and O–H groups in total. The van der Waals surface area contributed by atoms with Crippen molar-refractivity contribution in [3.05, 3.63) is 34.3 Å². The second-order valence-corrected chi connectivity index (χ2v) is 5.58. The van der Waals surface area contributed by atoms with Gasteiger partial charge < -0.3 is 4.90 Å². The summed E-state index contributed by atoms with van der Waals surface area (Å²) in [6, 6.07) is 5.56. The van der Waals surface area contributed by atoms with E-state index in [2.05, 4.69) is 15.9 Å². The number of carbonyl (C=O) groups is 1. The number of rotatable bonds is 6. The predicted molar refractivity (Wildman–Crippen MR) is 80.8 cm³/mol. The molecule has 18 heavy (non-hydrogen) atoms. The van der Waals surface area contributed by atoms with Crippen molar-refractivity contribution in [3.8, 4) is 0 Å². The Bertz CT molecular complexity index is 409. The minimum Gasteiger partial charge on any atom is -0.342 e. The van der Waals surface area contributed by atoms with E-state index in [1.165, 1.54) is 0 Å². The second-order valence-electron chi connectivity index (χ2n) is 4.41. The van der Waals surface area contributed by atoms with Gasteiger partial charge in [-0.25, -0.2) is 0 Å². The van der Waals surface area contributed by atoms with Crippen LogP contribution in [0.5, 0.6) is 0 Å². The lowest BCUT2D eigenvalue weighted by Crippen LogP contribution is -2.28. The molecule has 0 aliphatic rings. The number of hydrogen-bond donors (Lipinski definition) is 0. The summed E-state index contributed by atoms with van der Waals surface area (Å²) in [7, 11) is 1.83. The van der Waals surface area contributed by atoms with E-state index in [-0.39, 0.29) is 5.91 Å². The molecule has 0 spiro atoms. The lowest BCUT2D eigenvalue weighted by atomic mass is 10.1. The first kappa shape index (κ1) is 15.5. The van der Waals surface area contributed by atoms with Gasteiger partial charge in [0.25, 0.3) is 5.91 Å². The second kappa shape index (κ2) is 7.80. The van der Waals surface area contributed by atoms with E-state index in [0.29, 0.717) is 10.6 Å². The molecule has 0 radical (unpaired) electrons. The predicted octanol–water partition coefficient (Wildman–Crippen LogP) is 4.29. The van der Waals surface area contributed by atoms with Crippen molar-refractivity contribution in [3.63, 3.8) is 0 Å². The highest BCUT2D eigenvalue weighted by Gasteiger charge is 2.15. The van der Waals surface area contributed by atoms with Crippen LogP contribution in [0, 0.1) is 6.92 Å². The number of aryl methyl sites for hydroxylation is 1. The zero-order valence-corrected chi connectivity index (χ0v) is 13.2. The Hall–Kier alpha value is -0.540. The monoisotopic (exact) mass is 331 g/mol. The molecule has 100 valence electrons. The van der Waals surface area contributed by atoms with Gasteiger partial charge in [-0.2, -0.15) is 0 Å². The van der Waals surface area contributed by atoms with Gasteiger partial charge in [0.15, 0.2) is 0 Å². The maximum atomic E-state index is 12.2. The van der Waals surface area contributed by atoms with Crippen LogP contribution in [0.2, 0.25) is 5.02 Å². The van der Waals surface area contributed by atoms with Crippen molar-refractivity contribution >= 4 is 33.4 Å². The maximum absolute atomic E-state index is 12.2. The van der Waals surface area contributed by atoms with E-state index < -0.39 is 0 Å². The maximum Gasteiger partial charge on any atom is 0.255 e. The highest BCUT2D eigenvalue weighted by atomic mass is 79.9. The van der Waals surface area contributed by atoms with E-state index in [0.717, 1.165) is 36.7 Å². The molecule has 0 aromatic heterocycles. The molecule has 0 unspecified atom stereocenters. The first-order valence-electron chi connectivity index (χ1n) is 6.14. The lowest BCUT2D eigenvalue weighted by Gasteiger charge is -2.18. The Balaban J connectivity index is 2.60. The Kier molecular flexibility index (Phi) is 6.72. The van der Waals surface area contributed by atoms with Gasteiger partial charge >= 0.3 is 0 Å². The third-order valence-electron chi connectivity index (χ3n) is 2.90. The summed E-state index contributed by atoms with van der Waals surface area (Å²) in [5.74, 6) is 0.00235. The van der Waals surface area contributed by atoms with Crippen LogP contribution in [0.15, 0.2) is 18.2 Å². The van der Waals surface area contributed by atoms with E-state index >= 15 is 0 Å². The largest absolute Gasteiger partial charge is 0.342 e. The van der Waals surface area contributed by atoms with Crippen molar-refractivity contribution in [2.75, 3.05) is 18.9 Å². The van der Waals surface area contributed by atoms with E-state index in [1.54, 1.807) is 11.0 Å². The zero-order chi connectivity index (χ0) is 13.5. The van der Waals surface area contributed by atoms with Gasteiger partial charge in [0, 0.05) is 18.9 Å². The molecule has 2 nitrogen and oxygen atoms in total. The van der Waals surface area contributed by atoms with Gasteiger partial charge in [0.2, 0.25) is 0 Å². The molecular formula is C14H19BrClNO. The van der Waals surface area contributed by atoms with Crippen molar-refractivity contribution in [2.24, 2.45) is 0 Å². The highest BCUT2D eigenvalue weighted by molar-refractivity contribution is 9.09. The summed E-state index contributed by atoms with van der Waals surface area (Å²) >= 11 is 9.56. The smallest absolute Gasteiger partial charge is 0.255 e. The van der Waals surface area contributed by atoms with Crippen LogP contribution in [0.25, 0.3) is 0 Å².